The van der Waals surface area contributed by atoms with Crippen LogP contribution in [-0.4, -0.2) is 21.9 Å². The van der Waals surface area contributed by atoms with Gasteiger partial charge in [-0.3, -0.25) is 0 Å². The van der Waals surface area contributed by atoms with Gasteiger partial charge in [-0.1, -0.05) is 40.2 Å². The summed E-state index contributed by atoms with van der Waals surface area (Å²) in [5, 5.41) is 2.60. The lowest BCUT2D eigenvalue weighted by molar-refractivity contribution is 0.481. The minimum atomic E-state index is 0.668. The first-order chi connectivity index (χ1) is 9.33. The Bertz CT molecular complexity index is 593. The van der Waals surface area contributed by atoms with Crippen LogP contribution in [0.1, 0.15) is 25.7 Å². The number of fused-ring (bicyclic) bond motifs is 3. The summed E-state index contributed by atoms with van der Waals surface area (Å²) < 4.78 is 0. The largest absolute Gasteiger partial charge is 0.350 e. The fourth-order valence-electron chi connectivity index (χ4n) is 3.77. The van der Waals surface area contributed by atoms with Crippen molar-refractivity contribution in [1.82, 2.24) is 4.98 Å². The number of halogens is 1. The fourth-order valence-corrected chi connectivity index (χ4v) is 4.63. The van der Waals surface area contributed by atoms with Crippen molar-refractivity contribution in [2.45, 2.75) is 42.6 Å². The van der Waals surface area contributed by atoms with E-state index in [0.29, 0.717) is 16.9 Å². The van der Waals surface area contributed by atoms with Gasteiger partial charge in [-0.25, -0.2) is 4.98 Å². The first-order valence-corrected chi connectivity index (χ1v) is 8.00. The van der Waals surface area contributed by atoms with E-state index in [1.807, 2.05) is 6.20 Å². The van der Waals surface area contributed by atoms with Crippen molar-refractivity contribution in [3.05, 3.63) is 36.5 Å². The van der Waals surface area contributed by atoms with Gasteiger partial charge in [0.1, 0.15) is 5.82 Å². The topological polar surface area (TPSA) is 16.1 Å². The number of alkyl halides is 1. The molecule has 98 valence electrons. The Kier molecular flexibility index (Phi) is 2.76. The van der Waals surface area contributed by atoms with Crippen molar-refractivity contribution in [3.8, 4) is 0 Å². The summed E-state index contributed by atoms with van der Waals surface area (Å²) >= 11 is 3.81. The molecule has 0 spiro atoms. The number of rotatable bonds is 1. The minimum Gasteiger partial charge on any atom is -0.350 e. The summed E-state index contributed by atoms with van der Waals surface area (Å²) in [6.07, 6.45) is 7.09. The molecule has 3 heteroatoms. The molecule has 0 amide bonds. The molecule has 2 aromatic rings. The predicted molar refractivity (Wildman–Crippen MR) is 83.0 cm³/mol. The van der Waals surface area contributed by atoms with Crippen molar-refractivity contribution in [3.63, 3.8) is 0 Å². The molecule has 2 fully saturated rings. The second-order valence-electron chi connectivity index (χ2n) is 5.72. The lowest BCUT2D eigenvalue weighted by Crippen LogP contribution is -2.43. The van der Waals surface area contributed by atoms with E-state index in [0.717, 1.165) is 0 Å². The van der Waals surface area contributed by atoms with Crippen LogP contribution < -0.4 is 4.90 Å². The summed E-state index contributed by atoms with van der Waals surface area (Å²) in [6.45, 7) is 0. The highest BCUT2D eigenvalue weighted by atomic mass is 79.9. The number of nitrogens with zero attached hydrogens (tertiary/aromatic N) is 2. The number of benzene rings is 1. The van der Waals surface area contributed by atoms with E-state index in [1.165, 1.54) is 42.3 Å². The van der Waals surface area contributed by atoms with Gasteiger partial charge >= 0.3 is 0 Å². The molecule has 2 aliphatic rings. The molecule has 2 aliphatic heterocycles. The average molecular weight is 317 g/mol. The maximum absolute atomic E-state index is 4.71. The van der Waals surface area contributed by atoms with E-state index in [-0.39, 0.29) is 0 Å². The van der Waals surface area contributed by atoms with Crippen molar-refractivity contribution in [2.24, 2.45) is 0 Å². The van der Waals surface area contributed by atoms with Crippen molar-refractivity contribution >= 4 is 32.5 Å². The number of piperidine rings is 1. The zero-order valence-corrected chi connectivity index (χ0v) is 12.4. The molecule has 0 saturated carbocycles. The van der Waals surface area contributed by atoms with Crippen LogP contribution in [0.5, 0.6) is 0 Å². The Balaban J connectivity index is 1.83. The minimum absolute atomic E-state index is 0.668. The van der Waals surface area contributed by atoms with Crippen molar-refractivity contribution < 1.29 is 0 Å². The quantitative estimate of drug-likeness (QED) is 0.735. The van der Waals surface area contributed by atoms with Gasteiger partial charge in [0.15, 0.2) is 0 Å². The van der Waals surface area contributed by atoms with Gasteiger partial charge in [-0.2, -0.15) is 0 Å². The zero-order valence-electron chi connectivity index (χ0n) is 10.8. The summed E-state index contributed by atoms with van der Waals surface area (Å²) in [4.78, 5) is 8.00. The molecule has 2 unspecified atom stereocenters. The van der Waals surface area contributed by atoms with Crippen LogP contribution in [0.25, 0.3) is 10.8 Å². The van der Waals surface area contributed by atoms with E-state index >= 15 is 0 Å². The molecule has 2 saturated heterocycles. The maximum atomic E-state index is 4.71. The van der Waals surface area contributed by atoms with Gasteiger partial charge in [0.25, 0.3) is 0 Å². The number of pyridine rings is 1. The predicted octanol–water partition coefficient (Wildman–Crippen LogP) is 4.13. The van der Waals surface area contributed by atoms with Crippen LogP contribution in [0.2, 0.25) is 0 Å². The highest BCUT2D eigenvalue weighted by molar-refractivity contribution is 9.09. The third kappa shape index (κ3) is 1.86. The fraction of sp³-hybridized carbons (Fsp3) is 0.438. The Labute approximate surface area is 122 Å². The summed E-state index contributed by atoms with van der Waals surface area (Å²) in [7, 11) is 0. The molecule has 2 atom stereocenters. The third-order valence-electron chi connectivity index (χ3n) is 4.57. The van der Waals surface area contributed by atoms with E-state index in [9.17, 15) is 0 Å². The number of anilines is 1. The summed E-state index contributed by atoms with van der Waals surface area (Å²) in [5.74, 6) is 1.20. The Morgan fingerprint density at radius 2 is 1.79 bits per heavy atom. The van der Waals surface area contributed by atoms with Gasteiger partial charge in [-0.15, -0.1) is 0 Å². The SMILES string of the molecule is BrC1CC2CCC(C1)N2c1nccc2ccccc12. The Morgan fingerprint density at radius 3 is 2.58 bits per heavy atom. The van der Waals surface area contributed by atoms with Crippen LogP contribution in [0.15, 0.2) is 36.5 Å². The molecule has 3 heterocycles. The second kappa shape index (κ2) is 4.48. The van der Waals surface area contributed by atoms with Gasteiger partial charge in [0.05, 0.1) is 0 Å². The molecule has 0 N–H and O–H groups in total. The lowest BCUT2D eigenvalue weighted by atomic mass is 10.0. The zero-order chi connectivity index (χ0) is 12.8. The molecular weight excluding hydrogens is 300 g/mol. The van der Waals surface area contributed by atoms with Gasteiger partial charge in [0, 0.05) is 28.5 Å². The first-order valence-electron chi connectivity index (χ1n) is 7.09. The lowest BCUT2D eigenvalue weighted by Gasteiger charge is -2.38. The van der Waals surface area contributed by atoms with E-state index < -0.39 is 0 Å². The summed E-state index contributed by atoms with van der Waals surface area (Å²) in [5.41, 5.74) is 0. The molecule has 19 heavy (non-hydrogen) atoms. The standard InChI is InChI=1S/C16H17BrN2/c17-12-9-13-5-6-14(10-12)19(13)16-15-4-2-1-3-11(15)7-8-18-16/h1-4,7-8,12-14H,5-6,9-10H2. The van der Waals surface area contributed by atoms with Crippen LogP contribution in [0.4, 0.5) is 5.82 Å². The van der Waals surface area contributed by atoms with Crippen molar-refractivity contribution in [1.29, 1.82) is 0 Å². The molecule has 1 aromatic carbocycles. The molecular formula is C16H17BrN2. The Hall–Kier alpha value is -1.09. The Morgan fingerprint density at radius 1 is 1.05 bits per heavy atom. The second-order valence-corrected chi connectivity index (χ2v) is 7.01. The molecule has 0 radical (unpaired) electrons. The van der Waals surface area contributed by atoms with E-state index in [2.05, 4.69) is 51.2 Å². The van der Waals surface area contributed by atoms with Crippen molar-refractivity contribution in [2.75, 3.05) is 4.90 Å². The van der Waals surface area contributed by atoms with Gasteiger partial charge in [0.2, 0.25) is 0 Å². The average Bonchev–Trinajstić information content (AvgIpc) is 2.70. The number of hydrogen-bond acceptors (Lipinski definition) is 2. The van der Waals surface area contributed by atoms with Crippen LogP contribution in [-0.2, 0) is 0 Å². The van der Waals surface area contributed by atoms with Crippen LogP contribution >= 0.6 is 15.9 Å². The van der Waals surface area contributed by atoms with E-state index in [4.69, 9.17) is 4.98 Å². The molecule has 1 aromatic heterocycles. The smallest absolute Gasteiger partial charge is 0.136 e. The molecule has 2 nitrogen and oxygen atoms in total. The van der Waals surface area contributed by atoms with Crippen LogP contribution in [0.3, 0.4) is 0 Å². The highest BCUT2D eigenvalue weighted by Gasteiger charge is 2.40. The highest BCUT2D eigenvalue weighted by Crippen LogP contribution is 2.42. The third-order valence-corrected chi connectivity index (χ3v) is 5.32. The van der Waals surface area contributed by atoms with Gasteiger partial charge < -0.3 is 4.90 Å². The maximum Gasteiger partial charge on any atom is 0.136 e. The monoisotopic (exact) mass is 316 g/mol. The van der Waals surface area contributed by atoms with Crippen LogP contribution in [0, 0.1) is 0 Å². The number of hydrogen-bond donors (Lipinski definition) is 0. The molecule has 4 rings (SSSR count). The van der Waals surface area contributed by atoms with Gasteiger partial charge in [-0.05, 0) is 37.1 Å². The molecule has 2 bridgehead atoms. The number of aromatic nitrogens is 1. The molecule has 0 aliphatic carbocycles. The normalized spacial score (nSPS) is 29.9. The van der Waals surface area contributed by atoms with E-state index in [1.54, 1.807) is 0 Å². The summed E-state index contributed by atoms with van der Waals surface area (Å²) in [6, 6.07) is 12.1. The first kappa shape index (κ1) is 11.7.